The molecule has 1 saturated heterocycles. The van der Waals surface area contributed by atoms with Crippen molar-refractivity contribution in [1.82, 2.24) is 9.80 Å². The number of piperazine rings is 1. The van der Waals surface area contributed by atoms with E-state index in [4.69, 9.17) is 0 Å². The molecule has 2 aliphatic rings. The zero-order valence-corrected chi connectivity index (χ0v) is 13.9. The van der Waals surface area contributed by atoms with Crippen LogP contribution in [0, 0.1) is 11.8 Å². The fraction of sp³-hybridized carbons (Fsp3) is 0.833. The highest BCUT2D eigenvalue weighted by molar-refractivity contribution is 5.79. The first kappa shape index (κ1) is 16.4. The Morgan fingerprint density at radius 3 is 2.24 bits per heavy atom. The van der Waals surface area contributed by atoms with E-state index in [2.05, 4.69) is 30.2 Å². The first-order valence-corrected chi connectivity index (χ1v) is 8.86. The number of allylic oxidation sites excluding steroid dienone is 1. The van der Waals surface area contributed by atoms with Gasteiger partial charge in [-0.1, -0.05) is 46.1 Å². The van der Waals surface area contributed by atoms with E-state index in [1.807, 2.05) is 0 Å². The lowest BCUT2D eigenvalue weighted by atomic mass is 9.88. The van der Waals surface area contributed by atoms with Crippen LogP contribution in [0.2, 0.25) is 0 Å². The molecule has 1 heterocycles. The van der Waals surface area contributed by atoms with Crippen LogP contribution in [-0.4, -0.2) is 41.9 Å². The zero-order valence-electron chi connectivity index (χ0n) is 13.9. The van der Waals surface area contributed by atoms with Crippen LogP contribution in [0.5, 0.6) is 0 Å². The molecular formula is C18H32N2O. The number of rotatable bonds is 5. The van der Waals surface area contributed by atoms with E-state index in [1.54, 1.807) is 0 Å². The van der Waals surface area contributed by atoms with Crippen molar-refractivity contribution in [1.29, 1.82) is 0 Å². The molecule has 3 heteroatoms. The van der Waals surface area contributed by atoms with Crippen molar-refractivity contribution in [3.05, 3.63) is 12.3 Å². The van der Waals surface area contributed by atoms with Crippen LogP contribution in [0.25, 0.3) is 0 Å². The maximum Gasteiger partial charge on any atom is 0.225 e. The van der Waals surface area contributed by atoms with Gasteiger partial charge in [-0.05, 0) is 25.2 Å². The molecular weight excluding hydrogens is 260 g/mol. The highest BCUT2D eigenvalue weighted by Gasteiger charge is 2.29. The molecule has 0 aromatic rings. The summed E-state index contributed by atoms with van der Waals surface area (Å²) in [7, 11) is 0. The average molecular weight is 292 g/mol. The molecule has 0 aromatic heterocycles. The van der Waals surface area contributed by atoms with Gasteiger partial charge in [0.05, 0.1) is 0 Å². The first-order valence-electron chi connectivity index (χ1n) is 8.86. The van der Waals surface area contributed by atoms with E-state index < -0.39 is 0 Å². The molecule has 21 heavy (non-hydrogen) atoms. The predicted octanol–water partition coefficient (Wildman–Crippen LogP) is 3.66. The van der Waals surface area contributed by atoms with Crippen LogP contribution in [-0.2, 0) is 4.79 Å². The van der Waals surface area contributed by atoms with Gasteiger partial charge in [-0.2, -0.15) is 0 Å². The summed E-state index contributed by atoms with van der Waals surface area (Å²) in [4.78, 5) is 17.0. The molecule has 2 fully saturated rings. The van der Waals surface area contributed by atoms with Gasteiger partial charge >= 0.3 is 0 Å². The molecule has 0 aromatic carbocycles. The molecule has 1 aliphatic heterocycles. The van der Waals surface area contributed by atoms with Gasteiger partial charge in [0.2, 0.25) is 5.91 Å². The minimum atomic E-state index is 0.313. The van der Waals surface area contributed by atoms with Crippen LogP contribution in [0.15, 0.2) is 12.3 Å². The summed E-state index contributed by atoms with van der Waals surface area (Å²) in [5.74, 6) is 1.30. The topological polar surface area (TPSA) is 23.6 Å². The van der Waals surface area contributed by atoms with Crippen LogP contribution < -0.4 is 0 Å². The lowest BCUT2D eigenvalue weighted by Gasteiger charge is -2.40. The van der Waals surface area contributed by atoms with E-state index in [0.29, 0.717) is 17.7 Å². The Morgan fingerprint density at radius 2 is 1.67 bits per heavy atom. The van der Waals surface area contributed by atoms with Gasteiger partial charge in [0.25, 0.3) is 0 Å². The fourth-order valence-corrected chi connectivity index (χ4v) is 3.73. The van der Waals surface area contributed by atoms with Crippen molar-refractivity contribution >= 4 is 5.91 Å². The number of carbonyl (C=O) groups is 1. The predicted molar refractivity (Wildman–Crippen MR) is 87.9 cm³/mol. The number of carbonyl (C=O) groups excluding carboxylic acids is 1. The van der Waals surface area contributed by atoms with Crippen molar-refractivity contribution in [3.8, 4) is 0 Å². The van der Waals surface area contributed by atoms with Crippen LogP contribution in [0.1, 0.15) is 58.8 Å². The second kappa shape index (κ2) is 7.86. The smallest absolute Gasteiger partial charge is 0.225 e. The van der Waals surface area contributed by atoms with E-state index in [0.717, 1.165) is 39.0 Å². The molecule has 0 N–H and O–H groups in total. The Hall–Kier alpha value is -0.990. The summed E-state index contributed by atoms with van der Waals surface area (Å²) in [6, 6.07) is 0. The Morgan fingerprint density at radius 1 is 1.10 bits per heavy atom. The van der Waals surface area contributed by atoms with Gasteiger partial charge in [0.1, 0.15) is 0 Å². The van der Waals surface area contributed by atoms with Crippen LogP contribution in [0.3, 0.4) is 0 Å². The summed E-state index contributed by atoms with van der Waals surface area (Å²) in [6.45, 7) is 12.5. The standard InChI is InChI=1S/C18H32N2O/c1-4-8-15(2)16(3)19-11-13-20(14-12-19)18(21)17-9-6-5-7-10-17/h15,17H,3-14H2,1-2H3. The van der Waals surface area contributed by atoms with E-state index in [9.17, 15) is 4.79 Å². The van der Waals surface area contributed by atoms with Crippen molar-refractivity contribution in [2.24, 2.45) is 11.8 Å². The lowest BCUT2D eigenvalue weighted by molar-refractivity contribution is -0.138. The number of amides is 1. The molecule has 120 valence electrons. The van der Waals surface area contributed by atoms with Gasteiger partial charge in [-0.15, -0.1) is 0 Å². The minimum absolute atomic E-state index is 0.313. The quantitative estimate of drug-likeness (QED) is 0.772. The molecule has 1 atom stereocenters. The second-order valence-electron chi connectivity index (χ2n) is 6.83. The summed E-state index contributed by atoms with van der Waals surface area (Å²) in [5, 5.41) is 0. The summed E-state index contributed by atoms with van der Waals surface area (Å²) >= 11 is 0. The molecule has 1 unspecified atom stereocenters. The molecule has 3 nitrogen and oxygen atoms in total. The number of hydrogen-bond donors (Lipinski definition) is 0. The third-order valence-electron chi connectivity index (χ3n) is 5.24. The molecule has 1 saturated carbocycles. The van der Waals surface area contributed by atoms with E-state index >= 15 is 0 Å². The molecule has 0 bridgehead atoms. The second-order valence-corrected chi connectivity index (χ2v) is 6.83. The third kappa shape index (κ3) is 4.24. The van der Waals surface area contributed by atoms with Gasteiger partial charge < -0.3 is 9.80 Å². The van der Waals surface area contributed by atoms with Crippen molar-refractivity contribution in [2.75, 3.05) is 26.2 Å². The van der Waals surface area contributed by atoms with Gasteiger partial charge in [-0.3, -0.25) is 4.79 Å². The monoisotopic (exact) mass is 292 g/mol. The normalized spacial score (nSPS) is 22.2. The number of hydrogen-bond acceptors (Lipinski definition) is 2. The van der Waals surface area contributed by atoms with Crippen LogP contribution >= 0.6 is 0 Å². The maximum absolute atomic E-state index is 12.6. The van der Waals surface area contributed by atoms with E-state index in [1.165, 1.54) is 37.8 Å². The molecule has 1 aliphatic carbocycles. The van der Waals surface area contributed by atoms with Crippen molar-refractivity contribution in [2.45, 2.75) is 58.8 Å². The zero-order chi connectivity index (χ0) is 15.2. The maximum atomic E-state index is 12.6. The molecule has 0 spiro atoms. The van der Waals surface area contributed by atoms with Gasteiger partial charge in [0.15, 0.2) is 0 Å². The van der Waals surface area contributed by atoms with Crippen molar-refractivity contribution in [3.63, 3.8) is 0 Å². The Kier molecular flexibility index (Phi) is 6.13. The summed E-state index contributed by atoms with van der Waals surface area (Å²) in [5.41, 5.74) is 1.27. The third-order valence-corrected chi connectivity index (χ3v) is 5.24. The van der Waals surface area contributed by atoms with Gasteiger partial charge in [0, 0.05) is 37.8 Å². The molecule has 1 amide bonds. The highest BCUT2D eigenvalue weighted by Crippen LogP contribution is 2.26. The van der Waals surface area contributed by atoms with Crippen molar-refractivity contribution < 1.29 is 4.79 Å². The first-order chi connectivity index (χ1) is 10.1. The number of nitrogens with zero attached hydrogens (tertiary/aromatic N) is 2. The molecule has 0 radical (unpaired) electrons. The largest absolute Gasteiger partial charge is 0.372 e. The van der Waals surface area contributed by atoms with Gasteiger partial charge in [-0.25, -0.2) is 0 Å². The Balaban J connectivity index is 1.79. The summed E-state index contributed by atoms with van der Waals surface area (Å²) < 4.78 is 0. The summed E-state index contributed by atoms with van der Waals surface area (Å²) in [6.07, 6.45) is 8.43. The average Bonchev–Trinajstić information content (AvgIpc) is 2.54. The Labute approximate surface area is 130 Å². The highest BCUT2D eigenvalue weighted by atomic mass is 16.2. The molecule has 2 rings (SSSR count). The SMILES string of the molecule is C=C(C(C)CCC)N1CCN(C(=O)C2CCCCC2)CC1. The lowest BCUT2D eigenvalue weighted by Crippen LogP contribution is -2.50. The van der Waals surface area contributed by atoms with E-state index in [-0.39, 0.29) is 0 Å². The minimum Gasteiger partial charge on any atom is -0.372 e. The fourth-order valence-electron chi connectivity index (χ4n) is 3.73. The van der Waals surface area contributed by atoms with Crippen LogP contribution in [0.4, 0.5) is 0 Å². The Bertz CT molecular complexity index is 352.